The van der Waals surface area contributed by atoms with Crippen molar-refractivity contribution in [3.05, 3.63) is 65.0 Å². The van der Waals surface area contributed by atoms with Crippen LogP contribution >= 0.6 is 0 Å². The second-order valence-electron chi connectivity index (χ2n) is 4.48. The van der Waals surface area contributed by atoms with E-state index >= 15 is 0 Å². The summed E-state index contributed by atoms with van der Waals surface area (Å²) < 4.78 is 9.82. The third-order valence-electron chi connectivity index (χ3n) is 3.05. The van der Waals surface area contributed by atoms with Crippen LogP contribution in [0.15, 0.2) is 42.6 Å². The number of nitrogens with zero attached hydrogens (tertiary/aromatic N) is 1. The molecule has 1 heterocycles. The number of hydrogen-bond acceptors (Lipinski definition) is 6. The van der Waals surface area contributed by atoms with Crippen molar-refractivity contribution >= 4 is 11.9 Å². The zero-order valence-electron chi connectivity index (χ0n) is 12.1. The highest BCUT2D eigenvalue weighted by Gasteiger charge is 2.13. The van der Waals surface area contributed by atoms with Gasteiger partial charge in [0.1, 0.15) is 6.61 Å². The van der Waals surface area contributed by atoms with Gasteiger partial charge in [-0.2, -0.15) is 0 Å². The van der Waals surface area contributed by atoms with Crippen molar-refractivity contribution in [1.82, 2.24) is 4.98 Å². The van der Waals surface area contributed by atoms with Crippen molar-refractivity contribution in [3.63, 3.8) is 0 Å². The minimum atomic E-state index is -0.530. The molecule has 0 atom stereocenters. The first-order chi connectivity index (χ1) is 10.7. The number of pyridine rings is 1. The lowest BCUT2D eigenvalue weighted by Gasteiger charge is -2.07. The van der Waals surface area contributed by atoms with Gasteiger partial charge in [-0.1, -0.05) is 18.2 Å². The molecule has 0 radical (unpaired) electrons. The van der Waals surface area contributed by atoms with E-state index in [0.29, 0.717) is 11.1 Å². The summed E-state index contributed by atoms with van der Waals surface area (Å²) in [5, 5.41) is 0. The maximum atomic E-state index is 12.0. The number of esters is 2. The van der Waals surface area contributed by atoms with Crippen LogP contribution < -0.4 is 5.73 Å². The largest absolute Gasteiger partial charge is 0.465 e. The minimum Gasteiger partial charge on any atom is -0.465 e. The molecule has 0 saturated carbocycles. The Bertz CT molecular complexity index is 668. The van der Waals surface area contributed by atoms with Crippen LogP contribution in [-0.2, 0) is 22.6 Å². The van der Waals surface area contributed by atoms with E-state index in [1.165, 1.54) is 13.3 Å². The fraction of sp³-hybridized carbons (Fsp3) is 0.188. The van der Waals surface area contributed by atoms with E-state index < -0.39 is 11.9 Å². The molecular weight excluding hydrogens is 284 g/mol. The van der Waals surface area contributed by atoms with Crippen LogP contribution in [0.5, 0.6) is 0 Å². The molecule has 0 spiro atoms. The summed E-state index contributed by atoms with van der Waals surface area (Å²) in [6.07, 6.45) is 1.51. The smallest absolute Gasteiger partial charge is 0.357 e. The van der Waals surface area contributed by atoms with Crippen molar-refractivity contribution in [3.8, 4) is 0 Å². The van der Waals surface area contributed by atoms with Crippen LogP contribution in [0, 0.1) is 0 Å². The number of hydrogen-bond donors (Lipinski definition) is 1. The van der Waals surface area contributed by atoms with Crippen LogP contribution in [0.3, 0.4) is 0 Å². The van der Waals surface area contributed by atoms with E-state index in [9.17, 15) is 9.59 Å². The quantitative estimate of drug-likeness (QED) is 0.845. The van der Waals surface area contributed by atoms with Gasteiger partial charge in [-0.25, -0.2) is 14.6 Å². The van der Waals surface area contributed by atoms with Gasteiger partial charge >= 0.3 is 11.9 Å². The normalized spacial score (nSPS) is 10.1. The zero-order valence-corrected chi connectivity index (χ0v) is 12.1. The summed E-state index contributed by atoms with van der Waals surface area (Å²) in [7, 11) is 1.32. The standard InChI is InChI=1S/C16H16N2O4/c1-21-15(19)12-6-4-11(5-7-12)10-22-16(20)14-13(9-17)3-2-8-18-14/h2-8H,9-10,17H2,1H3. The highest BCUT2D eigenvalue weighted by Crippen LogP contribution is 2.10. The van der Waals surface area contributed by atoms with E-state index in [1.54, 1.807) is 36.4 Å². The van der Waals surface area contributed by atoms with Gasteiger partial charge in [-0.05, 0) is 29.3 Å². The maximum absolute atomic E-state index is 12.0. The number of rotatable bonds is 5. The van der Waals surface area contributed by atoms with E-state index in [2.05, 4.69) is 9.72 Å². The van der Waals surface area contributed by atoms with E-state index in [-0.39, 0.29) is 18.8 Å². The van der Waals surface area contributed by atoms with Crippen LogP contribution in [0.2, 0.25) is 0 Å². The fourth-order valence-electron chi connectivity index (χ4n) is 1.86. The van der Waals surface area contributed by atoms with Gasteiger partial charge in [0.25, 0.3) is 0 Å². The zero-order chi connectivity index (χ0) is 15.9. The highest BCUT2D eigenvalue weighted by molar-refractivity contribution is 5.89. The van der Waals surface area contributed by atoms with Crippen molar-refractivity contribution in [2.75, 3.05) is 7.11 Å². The third-order valence-corrected chi connectivity index (χ3v) is 3.05. The molecule has 0 bridgehead atoms. The lowest BCUT2D eigenvalue weighted by atomic mass is 10.1. The molecule has 6 nitrogen and oxygen atoms in total. The molecule has 0 saturated heterocycles. The molecule has 22 heavy (non-hydrogen) atoms. The molecule has 1 aromatic heterocycles. The van der Waals surface area contributed by atoms with Crippen molar-refractivity contribution in [2.24, 2.45) is 5.73 Å². The van der Waals surface area contributed by atoms with Crippen LogP contribution in [0.1, 0.15) is 32.0 Å². The number of methoxy groups -OCH3 is 1. The summed E-state index contributed by atoms with van der Waals surface area (Å²) in [6, 6.07) is 10.1. The first-order valence-electron chi connectivity index (χ1n) is 6.64. The number of carbonyl (C=O) groups is 2. The predicted octanol–water partition coefficient (Wildman–Crippen LogP) is 1.68. The Balaban J connectivity index is 2.00. The Kier molecular flexibility index (Phi) is 5.21. The summed E-state index contributed by atoms with van der Waals surface area (Å²) >= 11 is 0. The summed E-state index contributed by atoms with van der Waals surface area (Å²) in [6.45, 7) is 0.299. The van der Waals surface area contributed by atoms with Gasteiger partial charge in [-0.15, -0.1) is 0 Å². The molecule has 6 heteroatoms. The molecule has 2 aromatic rings. The van der Waals surface area contributed by atoms with Crippen molar-refractivity contribution < 1.29 is 19.1 Å². The lowest BCUT2D eigenvalue weighted by molar-refractivity contribution is 0.0463. The summed E-state index contributed by atoms with van der Waals surface area (Å²) in [5.41, 5.74) is 7.61. The molecule has 0 fully saturated rings. The SMILES string of the molecule is COC(=O)c1ccc(COC(=O)c2ncccc2CN)cc1. The predicted molar refractivity (Wildman–Crippen MR) is 79.0 cm³/mol. The monoisotopic (exact) mass is 300 g/mol. The number of ether oxygens (including phenoxy) is 2. The second kappa shape index (κ2) is 7.33. The second-order valence-corrected chi connectivity index (χ2v) is 4.48. The van der Waals surface area contributed by atoms with Gasteiger partial charge in [0.2, 0.25) is 0 Å². The van der Waals surface area contributed by atoms with Crippen LogP contribution in [-0.4, -0.2) is 24.0 Å². The van der Waals surface area contributed by atoms with Crippen LogP contribution in [0.25, 0.3) is 0 Å². The summed E-state index contributed by atoms with van der Waals surface area (Å²) in [4.78, 5) is 27.3. The third kappa shape index (κ3) is 3.67. The van der Waals surface area contributed by atoms with Gasteiger partial charge < -0.3 is 15.2 Å². The Hall–Kier alpha value is -2.73. The topological polar surface area (TPSA) is 91.5 Å². The first kappa shape index (κ1) is 15.7. The summed E-state index contributed by atoms with van der Waals surface area (Å²) in [5.74, 6) is -0.942. The molecule has 2 N–H and O–H groups in total. The Morgan fingerprint density at radius 2 is 1.86 bits per heavy atom. The number of carbonyl (C=O) groups excluding carboxylic acids is 2. The molecule has 0 aliphatic heterocycles. The number of nitrogens with two attached hydrogens (primary N) is 1. The Morgan fingerprint density at radius 3 is 2.50 bits per heavy atom. The highest BCUT2D eigenvalue weighted by atomic mass is 16.5. The van der Waals surface area contributed by atoms with E-state index in [4.69, 9.17) is 10.5 Å². The average Bonchev–Trinajstić information content (AvgIpc) is 2.59. The van der Waals surface area contributed by atoms with Gasteiger partial charge in [0.15, 0.2) is 5.69 Å². The molecule has 2 rings (SSSR count). The van der Waals surface area contributed by atoms with Gasteiger partial charge in [0, 0.05) is 12.7 Å². The van der Waals surface area contributed by atoms with Crippen LogP contribution in [0.4, 0.5) is 0 Å². The fourth-order valence-corrected chi connectivity index (χ4v) is 1.86. The average molecular weight is 300 g/mol. The lowest BCUT2D eigenvalue weighted by Crippen LogP contribution is -2.12. The molecular formula is C16H16N2O4. The van der Waals surface area contributed by atoms with Gasteiger partial charge in [0.05, 0.1) is 12.7 Å². The first-order valence-corrected chi connectivity index (χ1v) is 6.64. The maximum Gasteiger partial charge on any atom is 0.357 e. The molecule has 0 amide bonds. The molecule has 114 valence electrons. The van der Waals surface area contributed by atoms with Crippen molar-refractivity contribution in [1.29, 1.82) is 0 Å². The van der Waals surface area contributed by atoms with E-state index in [1.807, 2.05) is 0 Å². The molecule has 1 aromatic carbocycles. The van der Waals surface area contributed by atoms with Crippen molar-refractivity contribution in [2.45, 2.75) is 13.2 Å². The Morgan fingerprint density at radius 1 is 1.14 bits per heavy atom. The minimum absolute atomic E-state index is 0.0842. The molecule has 0 aliphatic rings. The van der Waals surface area contributed by atoms with E-state index in [0.717, 1.165) is 5.56 Å². The number of benzene rings is 1. The molecule has 0 aliphatic carbocycles. The number of aromatic nitrogens is 1. The Labute approximate surface area is 127 Å². The van der Waals surface area contributed by atoms with Gasteiger partial charge in [-0.3, -0.25) is 0 Å². The molecule has 0 unspecified atom stereocenters.